The molecule has 1 saturated heterocycles. The normalized spacial score (nSPS) is 22.8. The fraction of sp³-hybridized carbons (Fsp3) is 0.875. The van der Waals surface area contributed by atoms with E-state index in [0.717, 1.165) is 18.1 Å². The lowest BCUT2D eigenvalue weighted by Crippen LogP contribution is -2.21. The molecule has 70 valence electrons. The molecule has 12 heavy (non-hydrogen) atoms. The Balaban J connectivity index is 1.91. The molecule has 0 N–H and O–H groups in total. The van der Waals surface area contributed by atoms with Gasteiger partial charge in [-0.15, -0.1) is 0 Å². The highest BCUT2D eigenvalue weighted by atomic mass is 33.1. The van der Waals surface area contributed by atoms with Crippen molar-refractivity contribution in [2.75, 3.05) is 5.75 Å². The maximum atomic E-state index is 10.1. The number of hydrogen-bond acceptors (Lipinski definition) is 4. The van der Waals surface area contributed by atoms with Crippen molar-refractivity contribution in [1.82, 2.24) is 0 Å². The lowest BCUT2D eigenvalue weighted by molar-refractivity contribution is -0.305. The number of carbonyl (C=O) groups excluding carboxylic acids is 1. The van der Waals surface area contributed by atoms with Gasteiger partial charge in [0.05, 0.1) is 0 Å². The fourth-order valence-corrected chi connectivity index (χ4v) is 4.23. The lowest BCUT2D eigenvalue weighted by atomic mass is 10.1. The summed E-state index contributed by atoms with van der Waals surface area (Å²) in [5, 5.41) is 10.8. The third kappa shape index (κ3) is 4.26. The van der Waals surface area contributed by atoms with Crippen molar-refractivity contribution in [3.63, 3.8) is 0 Å². The molecule has 1 aliphatic heterocycles. The Hall–Kier alpha value is 0.170. The predicted molar refractivity (Wildman–Crippen MR) is 51.9 cm³/mol. The van der Waals surface area contributed by atoms with Crippen molar-refractivity contribution in [3.8, 4) is 0 Å². The van der Waals surface area contributed by atoms with E-state index >= 15 is 0 Å². The summed E-state index contributed by atoms with van der Waals surface area (Å²) in [7, 11) is 3.89. The number of carboxylic acid groups (broad SMARTS) is 1. The molecular weight excluding hydrogens is 192 g/mol. The van der Waals surface area contributed by atoms with Crippen LogP contribution in [-0.2, 0) is 4.79 Å². The summed E-state index contributed by atoms with van der Waals surface area (Å²) in [5.74, 6) is 0.346. The van der Waals surface area contributed by atoms with Crippen molar-refractivity contribution < 1.29 is 9.90 Å². The van der Waals surface area contributed by atoms with Gasteiger partial charge in [-0.1, -0.05) is 28.0 Å². The van der Waals surface area contributed by atoms with Gasteiger partial charge >= 0.3 is 0 Å². The van der Waals surface area contributed by atoms with Gasteiger partial charge in [0.1, 0.15) is 0 Å². The Bertz CT molecular complexity index is 144. The standard InChI is InChI=1S/C8H14O2S2/c9-8(10)4-2-1-3-7-5-6-11-12-7/h7H,1-6H2,(H,9,10)/p-1. The van der Waals surface area contributed by atoms with Gasteiger partial charge in [-0.2, -0.15) is 0 Å². The number of carboxylic acids is 1. The van der Waals surface area contributed by atoms with Gasteiger partial charge in [-0.05, 0) is 25.7 Å². The van der Waals surface area contributed by atoms with Crippen molar-refractivity contribution in [1.29, 1.82) is 0 Å². The average Bonchev–Trinajstić information content (AvgIpc) is 2.49. The molecule has 4 heteroatoms. The van der Waals surface area contributed by atoms with Crippen LogP contribution in [0, 0.1) is 0 Å². The molecular formula is C8H13O2S2-. The Kier molecular flexibility index (Phi) is 4.92. The van der Waals surface area contributed by atoms with Crippen LogP contribution in [0.5, 0.6) is 0 Å². The minimum Gasteiger partial charge on any atom is -0.550 e. The zero-order valence-corrected chi connectivity index (χ0v) is 8.59. The predicted octanol–water partition coefficient (Wildman–Crippen LogP) is 1.45. The van der Waals surface area contributed by atoms with Crippen molar-refractivity contribution in [2.24, 2.45) is 0 Å². The van der Waals surface area contributed by atoms with Gasteiger partial charge in [0.25, 0.3) is 0 Å². The fourth-order valence-electron chi connectivity index (χ4n) is 1.21. The largest absolute Gasteiger partial charge is 0.550 e. The van der Waals surface area contributed by atoms with E-state index in [1.807, 2.05) is 21.6 Å². The van der Waals surface area contributed by atoms with E-state index in [1.165, 1.54) is 18.6 Å². The van der Waals surface area contributed by atoms with Crippen molar-refractivity contribution in [2.45, 2.75) is 37.4 Å². The van der Waals surface area contributed by atoms with E-state index in [9.17, 15) is 9.90 Å². The first-order chi connectivity index (χ1) is 5.79. The second-order valence-electron chi connectivity index (χ2n) is 2.95. The average molecular weight is 205 g/mol. The highest BCUT2D eigenvalue weighted by Crippen LogP contribution is 2.39. The van der Waals surface area contributed by atoms with E-state index in [4.69, 9.17) is 0 Å². The van der Waals surface area contributed by atoms with Crippen LogP contribution in [0.15, 0.2) is 0 Å². The van der Waals surface area contributed by atoms with Crippen molar-refractivity contribution in [3.05, 3.63) is 0 Å². The van der Waals surface area contributed by atoms with E-state index in [0.29, 0.717) is 0 Å². The topological polar surface area (TPSA) is 40.1 Å². The van der Waals surface area contributed by atoms with E-state index in [2.05, 4.69) is 0 Å². The van der Waals surface area contributed by atoms with Gasteiger partial charge in [0, 0.05) is 17.0 Å². The van der Waals surface area contributed by atoms with Gasteiger partial charge in [-0.25, -0.2) is 0 Å². The molecule has 1 rings (SSSR count). The molecule has 0 radical (unpaired) electrons. The third-order valence-corrected chi connectivity index (χ3v) is 4.89. The third-order valence-electron chi connectivity index (χ3n) is 1.88. The first-order valence-corrected chi connectivity index (χ1v) is 6.65. The molecule has 2 nitrogen and oxygen atoms in total. The molecule has 1 aliphatic rings. The van der Waals surface area contributed by atoms with Crippen molar-refractivity contribution >= 4 is 27.6 Å². The lowest BCUT2D eigenvalue weighted by Gasteiger charge is -2.06. The van der Waals surface area contributed by atoms with E-state index in [1.54, 1.807) is 0 Å². The smallest absolute Gasteiger partial charge is 0.0414 e. The van der Waals surface area contributed by atoms with Crippen LogP contribution in [0.25, 0.3) is 0 Å². The summed E-state index contributed by atoms with van der Waals surface area (Å²) in [4.78, 5) is 10.1. The monoisotopic (exact) mass is 205 g/mol. The Morgan fingerprint density at radius 2 is 2.33 bits per heavy atom. The van der Waals surface area contributed by atoms with Gasteiger partial charge in [0.2, 0.25) is 0 Å². The first-order valence-electron chi connectivity index (χ1n) is 4.27. The number of unbranched alkanes of at least 4 members (excludes halogenated alkanes) is 1. The van der Waals surface area contributed by atoms with Crippen LogP contribution in [-0.4, -0.2) is 17.0 Å². The zero-order chi connectivity index (χ0) is 8.81. The molecule has 0 spiro atoms. The molecule has 0 aromatic carbocycles. The maximum absolute atomic E-state index is 10.1. The summed E-state index contributed by atoms with van der Waals surface area (Å²) in [6.07, 6.45) is 4.51. The molecule has 1 atom stereocenters. The quantitative estimate of drug-likeness (QED) is 0.503. The van der Waals surface area contributed by atoms with Gasteiger partial charge < -0.3 is 9.90 Å². The molecule has 0 aliphatic carbocycles. The van der Waals surface area contributed by atoms with E-state index in [-0.39, 0.29) is 6.42 Å². The molecule has 0 aromatic rings. The van der Waals surface area contributed by atoms with Crippen LogP contribution in [0.3, 0.4) is 0 Å². The SMILES string of the molecule is O=C([O-])CCCCC1CCSS1. The van der Waals surface area contributed by atoms with Crippen LogP contribution >= 0.6 is 21.6 Å². The molecule has 0 bridgehead atoms. The highest BCUT2D eigenvalue weighted by molar-refractivity contribution is 8.77. The molecule has 1 heterocycles. The second-order valence-corrected chi connectivity index (χ2v) is 5.73. The molecule has 0 amide bonds. The zero-order valence-electron chi connectivity index (χ0n) is 6.95. The van der Waals surface area contributed by atoms with Crippen LogP contribution in [0.4, 0.5) is 0 Å². The number of carbonyl (C=O) groups is 1. The number of hydrogen-bond donors (Lipinski definition) is 0. The van der Waals surface area contributed by atoms with Crippen LogP contribution in [0.2, 0.25) is 0 Å². The maximum Gasteiger partial charge on any atom is 0.0414 e. The Morgan fingerprint density at radius 3 is 2.92 bits per heavy atom. The Labute approximate surface area is 80.9 Å². The molecule has 0 aromatic heterocycles. The summed E-state index contributed by atoms with van der Waals surface area (Å²) in [6.45, 7) is 0. The van der Waals surface area contributed by atoms with Gasteiger partial charge in [-0.3, -0.25) is 0 Å². The van der Waals surface area contributed by atoms with Crippen LogP contribution in [0.1, 0.15) is 32.1 Å². The summed E-state index contributed by atoms with van der Waals surface area (Å²) < 4.78 is 0. The minimum absolute atomic E-state index is 0.227. The summed E-state index contributed by atoms with van der Waals surface area (Å²) in [6, 6.07) is 0. The molecule has 1 unspecified atom stereocenters. The highest BCUT2D eigenvalue weighted by Gasteiger charge is 2.15. The summed E-state index contributed by atoms with van der Waals surface area (Å²) in [5.41, 5.74) is 0. The first kappa shape index (κ1) is 10.3. The van der Waals surface area contributed by atoms with E-state index < -0.39 is 5.97 Å². The number of rotatable bonds is 5. The van der Waals surface area contributed by atoms with Gasteiger partial charge in [0.15, 0.2) is 0 Å². The molecule has 1 fully saturated rings. The summed E-state index contributed by atoms with van der Waals surface area (Å²) >= 11 is 0. The minimum atomic E-state index is -0.913. The second kappa shape index (κ2) is 5.75. The Morgan fingerprint density at radius 1 is 1.50 bits per heavy atom. The number of aliphatic carboxylic acids is 1. The molecule has 0 saturated carbocycles. The van der Waals surface area contributed by atoms with Crippen LogP contribution < -0.4 is 5.11 Å².